The van der Waals surface area contributed by atoms with E-state index in [1.54, 1.807) is 26.4 Å². The quantitative estimate of drug-likeness (QED) is 0.573. The van der Waals surface area contributed by atoms with Gasteiger partial charge in [-0.25, -0.2) is 9.97 Å². The molecule has 162 valence electrons. The third-order valence-electron chi connectivity index (χ3n) is 5.35. The van der Waals surface area contributed by atoms with E-state index < -0.39 is 0 Å². The van der Waals surface area contributed by atoms with Crippen LogP contribution in [0.15, 0.2) is 54.9 Å². The van der Waals surface area contributed by atoms with Gasteiger partial charge in [0.1, 0.15) is 12.1 Å². The molecule has 0 saturated carbocycles. The molecule has 32 heavy (non-hydrogen) atoms. The van der Waals surface area contributed by atoms with Crippen molar-refractivity contribution < 1.29 is 19.1 Å². The average Bonchev–Trinajstić information content (AvgIpc) is 2.80. The lowest BCUT2D eigenvalue weighted by atomic mass is 9.91. The van der Waals surface area contributed by atoms with E-state index >= 15 is 0 Å². The largest absolute Gasteiger partial charge is 0.493 e. The number of anilines is 2. The second kappa shape index (κ2) is 8.63. The van der Waals surface area contributed by atoms with Crippen molar-refractivity contribution in [2.75, 3.05) is 19.5 Å². The number of benzene rings is 2. The normalized spacial score (nSPS) is 13.5. The van der Waals surface area contributed by atoms with Crippen LogP contribution in [0.4, 0.5) is 11.5 Å². The van der Waals surface area contributed by atoms with E-state index in [9.17, 15) is 9.59 Å². The van der Waals surface area contributed by atoms with Crippen LogP contribution < -0.4 is 14.8 Å². The van der Waals surface area contributed by atoms with Gasteiger partial charge in [0.05, 0.1) is 19.7 Å². The molecule has 0 saturated heterocycles. The Balaban J connectivity index is 1.85. The molecule has 7 nitrogen and oxygen atoms in total. The lowest BCUT2D eigenvalue weighted by molar-refractivity contribution is -0.113. The van der Waals surface area contributed by atoms with Gasteiger partial charge in [0, 0.05) is 28.3 Å². The molecule has 0 unspecified atom stereocenters. The number of aromatic nitrogens is 2. The van der Waals surface area contributed by atoms with Crippen LogP contribution in [0.2, 0.25) is 0 Å². The topological polar surface area (TPSA) is 90.4 Å². The van der Waals surface area contributed by atoms with E-state index in [4.69, 9.17) is 9.47 Å². The van der Waals surface area contributed by atoms with Crippen molar-refractivity contribution in [3.8, 4) is 11.5 Å². The molecular weight excluding hydrogens is 406 g/mol. The fraction of sp³-hybridized carbons (Fsp3) is 0.200. The number of carbonyl (C=O) groups excluding carboxylic acids is 2. The van der Waals surface area contributed by atoms with Crippen LogP contribution in [0, 0.1) is 0 Å². The number of carbonyl (C=O) groups is 2. The fourth-order valence-corrected chi connectivity index (χ4v) is 3.58. The number of nitrogens with one attached hydrogen (secondary N) is 1. The highest BCUT2D eigenvalue weighted by Crippen LogP contribution is 2.36. The van der Waals surface area contributed by atoms with Crippen LogP contribution in [-0.4, -0.2) is 35.8 Å². The van der Waals surface area contributed by atoms with Crippen molar-refractivity contribution in [3.05, 3.63) is 66.0 Å². The van der Waals surface area contributed by atoms with Gasteiger partial charge in [0.15, 0.2) is 23.1 Å². The Morgan fingerprint density at radius 1 is 0.938 bits per heavy atom. The van der Waals surface area contributed by atoms with Gasteiger partial charge in [-0.3, -0.25) is 9.59 Å². The molecule has 1 aromatic heterocycles. The van der Waals surface area contributed by atoms with Gasteiger partial charge in [0.25, 0.3) is 0 Å². The minimum atomic E-state index is -0.218. The zero-order chi connectivity index (χ0) is 22.8. The van der Waals surface area contributed by atoms with Crippen LogP contribution in [0.1, 0.15) is 30.9 Å². The van der Waals surface area contributed by atoms with Gasteiger partial charge < -0.3 is 14.8 Å². The molecule has 4 rings (SSSR count). The molecule has 0 aliphatic heterocycles. The van der Waals surface area contributed by atoms with Crippen molar-refractivity contribution in [1.29, 1.82) is 0 Å². The number of fused-ring (bicyclic) bond motifs is 1. The summed E-state index contributed by atoms with van der Waals surface area (Å²) in [5.74, 6) is 1.48. The summed E-state index contributed by atoms with van der Waals surface area (Å²) in [5, 5.41) is 4.05. The Hall–Kier alpha value is -4.00. The molecular formula is C25H23N3O4. The van der Waals surface area contributed by atoms with Crippen molar-refractivity contribution in [2.24, 2.45) is 0 Å². The molecule has 0 amide bonds. The van der Waals surface area contributed by atoms with E-state index in [2.05, 4.69) is 29.1 Å². The highest BCUT2D eigenvalue weighted by Gasteiger charge is 2.20. The first-order chi connectivity index (χ1) is 15.4. The summed E-state index contributed by atoms with van der Waals surface area (Å²) in [7, 11) is 3.13. The number of allylic oxidation sites excluding steroid dienone is 4. The minimum Gasteiger partial charge on any atom is -0.493 e. The maximum atomic E-state index is 12.6. The molecule has 1 aliphatic rings. The monoisotopic (exact) mass is 429 g/mol. The molecule has 1 N–H and O–H groups in total. The summed E-state index contributed by atoms with van der Waals surface area (Å²) >= 11 is 0. The smallest absolute Gasteiger partial charge is 0.186 e. The van der Waals surface area contributed by atoms with Gasteiger partial charge >= 0.3 is 0 Å². The molecule has 0 fully saturated rings. The molecule has 0 atom stereocenters. The van der Waals surface area contributed by atoms with Gasteiger partial charge in [-0.15, -0.1) is 0 Å². The van der Waals surface area contributed by atoms with Crippen molar-refractivity contribution in [1.82, 2.24) is 9.97 Å². The molecule has 0 radical (unpaired) electrons. The number of hydrogen-bond donors (Lipinski definition) is 1. The zero-order valence-electron chi connectivity index (χ0n) is 18.3. The maximum Gasteiger partial charge on any atom is 0.186 e. The third kappa shape index (κ3) is 3.97. The van der Waals surface area contributed by atoms with Crippen LogP contribution in [0.5, 0.6) is 11.5 Å². The number of hydrogen-bond acceptors (Lipinski definition) is 7. The Labute approximate surface area is 185 Å². The standard InChI is InChI=1S/C25H23N3O4/c1-14(2)15-5-7-20(17(9-15)18-10-16(29)6-8-22(18)30)28-25-19-11-23(31-3)24(32-4)12-21(19)26-13-27-25/h5-14H,1-4H3,(H,26,27,28). The van der Waals surface area contributed by atoms with E-state index in [0.29, 0.717) is 39.7 Å². The molecule has 1 aliphatic carbocycles. The Bertz CT molecular complexity index is 1290. The summed E-state index contributed by atoms with van der Waals surface area (Å²) < 4.78 is 10.8. The molecule has 0 spiro atoms. The average molecular weight is 429 g/mol. The van der Waals surface area contributed by atoms with Crippen molar-refractivity contribution >= 4 is 39.5 Å². The highest BCUT2D eigenvalue weighted by molar-refractivity contribution is 6.34. The maximum absolute atomic E-state index is 12.6. The SMILES string of the molecule is COc1cc2ncnc(Nc3ccc(C(C)C)cc3C3=CC(=O)C=CC3=O)c2cc1OC. The summed E-state index contributed by atoms with van der Waals surface area (Å²) in [5.41, 5.74) is 3.38. The predicted molar refractivity (Wildman–Crippen MR) is 124 cm³/mol. The number of ketones is 2. The molecule has 7 heteroatoms. The van der Waals surface area contributed by atoms with Crippen LogP contribution in [-0.2, 0) is 9.59 Å². The minimum absolute atomic E-state index is 0.215. The lowest BCUT2D eigenvalue weighted by Crippen LogP contribution is -2.09. The number of rotatable bonds is 6. The van der Waals surface area contributed by atoms with E-state index in [1.807, 2.05) is 18.2 Å². The van der Waals surface area contributed by atoms with E-state index in [1.165, 1.54) is 24.6 Å². The summed E-state index contributed by atoms with van der Waals surface area (Å²) in [4.78, 5) is 33.3. The van der Waals surface area contributed by atoms with Crippen molar-refractivity contribution in [3.63, 3.8) is 0 Å². The molecule has 3 aromatic rings. The van der Waals surface area contributed by atoms with E-state index in [0.717, 1.165) is 10.9 Å². The predicted octanol–water partition coefficient (Wildman–Crippen LogP) is 4.61. The summed E-state index contributed by atoms with van der Waals surface area (Å²) in [6, 6.07) is 9.41. The molecule has 1 heterocycles. The van der Waals surface area contributed by atoms with Gasteiger partial charge in [-0.05, 0) is 47.9 Å². The van der Waals surface area contributed by atoms with Gasteiger partial charge in [-0.1, -0.05) is 19.9 Å². The van der Waals surface area contributed by atoms with Gasteiger partial charge in [-0.2, -0.15) is 0 Å². The highest BCUT2D eigenvalue weighted by atomic mass is 16.5. The van der Waals surface area contributed by atoms with E-state index in [-0.39, 0.29) is 17.5 Å². The van der Waals surface area contributed by atoms with Crippen LogP contribution >= 0.6 is 0 Å². The van der Waals surface area contributed by atoms with Crippen LogP contribution in [0.25, 0.3) is 16.5 Å². The number of methoxy groups -OCH3 is 2. The van der Waals surface area contributed by atoms with Gasteiger partial charge in [0.2, 0.25) is 0 Å². The lowest BCUT2D eigenvalue weighted by Gasteiger charge is -2.18. The first kappa shape index (κ1) is 21.2. The second-order valence-electron chi connectivity index (χ2n) is 7.69. The summed E-state index contributed by atoms with van der Waals surface area (Å²) in [6.07, 6.45) is 5.42. The van der Waals surface area contributed by atoms with Crippen LogP contribution in [0.3, 0.4) is 0 Å². The fourth-order valence-electron chi connectivity index (χ4n) is 3.58. The Kier molecular flexibility index (Phi) is 5.73. The van der Waals surface area contributed by atoms with Crippen molar-refractivity contribution in [2.45, 2.75) is 19.8 Å². The summed E-state index contributed by atoms with van der Waals surface area (Å²) in [6.45, 7) is 4.15. The second-order valence-corrected chi connectivity index (χ2v) is 7.69. The number of ether oxygens (including phenoxy) is 2. The Morgan fingerprint density at radius 2 is 1.69 bits per heavy atom. The molecule has 2 aromatic carbocycles. The molecule has 0 bridgehead atoms. The number of nitrogens with zero attached hydrogens (tertiary/aromatic N) is 2. The first-order valence-corrected chi connectivity index (χ1v) is 10.2. The Morgan fingerprint density at radius 3 is 2.41 bits per heavy atom. The first-order valence-electron chi connectivity index (χ1n) is 10.2. The third-order valence-corrected chi connectivity index (χ3v) is 5.35. The zero-order valence-corrected chi connectivity index (χ0v) is 18.3.